The number of imide groups is 1. The third-order valence-electron chi connectivity index (χ3n) is 6.63. The summed E-state index contributed by atoms with van der Waals surface area (Å²) >= 11 is 0. The molecule has 0 saturated carbocycles. The Balaban J connectivity index is 1.54. The molecule has 0 spiro atoms. The first-order chi connectivity index (χ1) is 17.0. The molecule has 3 aromatic rings. The van der Waals surface area contributed by atoms with E-state index >= 15 is 0 Å². The Morgan fingerprint density at radius 1 is 1.17 bits per heavy atom. The summed E-state index contributed by atoms with van der Waals surface area (Å²) in [7, 11) is 0. The Morgan fingerprint density at radius 3 is 2.60 bits per heavy atom. The number of urea groups is 1. The molecule has 1 atom stereocenters. The lowest BCUT2D eigenvalue weighted by Crippen LogP contribution is -2.41. The largest absolute Gasteiger partial charge is 0.446 e. The zero-order valence-electron chi connectivity index (χ0n) is 20.8. The van der Waals surface area contributed by atoms with Crippen LogP contribution in [0, 0.1) is 0 Å². The molecule has 1 saturated heterocycles. The van der Waals surface area contributed by atoms with Crippen LogP contribution in [0.15, 0.2) is 48.7 Å². The molecule has 0 bridgehead atoms. The first-order valence-electron chi connectivity index (χ1n) is 12.6. The number of para-hydroxylation sites is 1. The minimum absolute atomic E-state index is 0.304. The van der Waals surface area contributed by atoms with Gasteiger partial charge in [-0.2, -0.15) is 4.90 Å². The number of nitrogens with zero attached hydrogens (tertiary/aromatic N) is 3. The van der Waals surface area contributed by atoms with E-state index in [4.69, 9.17) is 9.72 Å². The minimum Gasteiger partial charge on any atom is -0.446 e. The van der Waals surface area contributed by atoms with Gasteiger partial charge >= 0.3 is 12.1 Å². The fourth-order valence-corrected chi connectivity index (χ4v) is 4.54. The summed E-state index contributed by atoms with van der Waals surface area (Å²) in [6.45, 7) is 9.26. The first-order valence-corrected chi connectivity index (χ1v) is 12.6. The van der Waals surface area contributed by atoms with Crippen molar-refractivity contribution in [3.63, 3.8) is 0 Å². The molecule has 1 unspecified atom stereocenters. The third kappa shape index (κ3) is 5.82. The number of piperidine rings is 1. The molecule has 4 rings (SSSR count). The summed E-state index contributed by atoms with van der Waals surface area (Å²) in [5, 5.41) is 2.80. The second kappa shape index (κ2) is 11.4. The maximum absolute atomic E-state index is 13.2. The van der Waals surface area contributed by atoms with Gasteiger partial charge in [0.05, 0.1) is 16.7 Å². The van der Waals surface area contributed by atoms with E-state index in [0.29, 0.717) is 23.8 Å². The summed E-state index contributed by atoms with van der Waals surface area (Å²) in [4.78, 5) is 37.7. The maximum Gasteiger partial charge on any atom is 0.422 e. The summed E-state index contributed by atoms with van der Waals surface area (Å²) in [5.41, 5.74) is 3.42. The molecule has 2 N–H and O–H groups in total. The molecule has 1 fully saturated rings. The van der Waals surface area contributed by atoms with Gasteiger partial charge in [-0.25, -0.2) is 14.6 Å². The molecule has 0 aliphatic carbocycles. The summed E-state index contributed by atoms with van der Waals surface area (Å²) in [6.07, 6.45) is 5.04. The number of amides is 3. The predicted molar refractivity (Wildman–Crippen MR) is 139 cm³/mol. The van der Waals surface area contributed by atoms with Crippen molar-refractivity contribution in [1.29, 1.82) is 0 Å². The van der Waals surface area contributed by atoms with E-state index in [0.717, 1.165) is 48.4 Å². The summed E-state index contributed by atoms with van der Waals surface area (Å²) in [5.74, 6) is 0.825. The number of carbonyl (C=O) groups excluding carboxylic acids is 2. The molecule has 3 amide bonds. The van der Waals surface area contributed by atoms with E-state index in [-0.39, 0.29) is 6.10 Å². The van der Waals surface area contributed by atoms with Crippen molar-refractivity contribution in [2.24, 2.45) is 0 Å². The quantitative estimate of drug-likeness (QED) is 0.427. The lowest BCUT2D eigenvalue weighted by molar-refractivity contribution is 0.113. The second-order valence-electron chi connectivity index (χ2n) is 9.16. The zero-order valence-corrected chi connectivity index (χ0v) is 20.8. The normalized spacial score (nSPS) is 15.6. The van der Waals surface area contributed by atoms with Gasteiger partial charge in [-0.1, -0.05) is 32.0 Å². The van der Waals surface area contributed by atoms with Gasteiger partial charge in [0.25, 0.3) is 0 Å². The van der Waals surface area contributed by atoms with Crippen molar-refractivity contribution in [3.05, 3.63) is 54.2 Å². The number of rotatable bonds is 7. The van der Waals surface area contributed by atoms with Crippen molar-refractivity contribution in [2.75, 3.05) is 29.9 Å². The Bertz CT molecular complexity index is 1140. The monoisotopic (exact) mass is 477 g/mol. The van der Waals surface area contributed by atoms with Crippen molar-refractivity contribution in [3.8, 4) is 0 Å². The first kappa shape index (κ1) is 24.7. The number of aromatic nitrogens is 2. The number of nitrogens with one attached hydrogen (secondary N) is 2. The lowest BCUT2D eigenvalue weighted by atomic mass is 9.90. The maximum atomic E-state index is 13.2. The van der Waals surface area contributed by atoms with E-state index in [1.807, 2.05) is 25.3 Å². The highest BCUT2D eigenvalue weighted by molar-refractivity contribution is 6.16. The van der Waals surface area contributed by atoms with Crippen LogP contribution in [0.25, 0.3) is 11.0 Å². The lowest BCUT2D eigenvalue weighted by Gasteiger charge is -2.31. The molecule has 3 heterocycles. The van der Waals surface area contributed by atoms with Crippen molar-refractivity contribution in [1.82, 2.24) is 14.9 Å². The van der Waals surface area contributed by atoms with Gasteiger partial charge in [0, 0.05) is 6.20 Å². The van der Waals surface area contributed by atoms with Gasteiger partial charge in [-0.3, -0.25) is 5.32 Å². The second-order valence-corrected chi connectivity index (χ2v) is 9.16. The van der Waals surface area contributed by atoms with Crippen molar-refractivity contribution >= 4 is 34.7 Å². The number of pyridine rings is 1. The number of likely N-dealkylation sites (tertiary alicyclic amines) is 1. The fourth-order valence-electron chi connectivity index (χ4n) is 4.54. The van der Waals surface area contributed by atoms with Gasteiger partial charge < -0.3 is 14.6 Å². The Hall–Kier alpha value is -3.39. The van der Waals surface area contributed by atoms with Gasteiger partial charge in [-0.15, -0.1) is 0 Å². The van der Waals surface area contributed by atoms with Crippen molar-refractivity contribution < 1.29 is 14.3 Å². The van der Waals surface area contributed by atoms with E-state index < -0.39 is 12.1 Å². The van der Waals surface area contributed by atoms with Crippen LogP contribution < -0.4 is 10.2 Å². The number of carbonyl (C=O) groups is 2. The number of hydrogen-bond acceptors (Lipinski definition) is 5. The fraction of sp³-hybridized carbons (Fsp3) is 0.444. The Morgan fingerprint density at radius 2 is 1.91 bits per heavy atom. The molecular weight excluding hydrogens is 442 g/mol. The number of H-pyrrole nitrogens is 1. The standard InChI is InChI=1S/C27H35N5O3/c1-4-15-31-16-13-20(14-17-31)22-18-28-23-11-12-24(29-25(22)23)30-26(33)32(21-9-7-6-8-10-21)27(34)35-19(3)5-2/h6-12,18-20,28H,4-5,13-17H2,1-3H3,(H,29,30,33). The van der Waals surface area contributed by atoms with Crippen LogP contribution in [0.1, 0.15) is 57.9 Å². The third-order valence-corrected chi connectivity index (χ3v) is 6.63. The molecule has 8 heteroatoms. The van der Waals surface area contributed by atoms with Crippen LogP contribution in [-0.4, -0.2) is 52.7 Å². The van der Waals surface area contributed by atoms with E-state index in [1.165, 1.54) is 12.0 Å². The van der Waals surface area contributed by atoms with Crippen LogP contribution >= 0.6 is 0 Å². The van der Waals surface area contributed by atoms with Crippen LogP contribution in [-0.2, 0) is 4.74 Å². The van der Waals surface area contributed by atoms with Crippen LogP contribution in [0.4, 0.5) is 21.1 Å². The number of aromatic amines is 1. The molecule has 0 radical (unpaired) electrons. The molecule has 8 nitrogen and oxygen atoms in total. The molecule has 1 aliphatic heterocycles. The summed E-state index contributed by atoms with van der Waals surface area (Å²) in [6, 6.07) is 11.8. The van der Waals surface area contributed by atoms with Gasteiger partial charge in [0.2, 0.25) is 0 Å². The number of benzene rings is 1. The molecular formula is C27H35N5O3. The number of hydrogen-bond donors (Lipinski definition) is 2. The highest BCUT2D eigenvalue weighted by Crippen LogP contribution is 2.33. The van der Waals surface area contributed by atoms with Crippen LogP contribution in [0.5, 0.6) is 0 Å². The zero-order chi connectivity index (χ0) is 24.8. The minimum atomic E-state index is -0.717. The molecule has 186 valence electrons. The van der Waals surface area contributed by atoms with Crippen LogP contribution in [0.2, 0.25) is 0 Å². The number of fused-ring (bicyclic) bond motifs is 1. The average molecular weight is 478 g/mol. The SMILES string of the molecule is CCCN1CCC(c2c[nH]c3ccc(NC(=O)N(C(=O)OC(C)CC)c4ccccc4)nc23)CC1. The van der Waals surface area contributed by atoms with Gasteiger partial charge in [-0.05, 0) is 88.0 Å². The van der Waals surface area contributed by atoms with Gasteiger partial charge in [0.15, 0.2) is 0 Å². The van der Waals surface area contributed by atoms with E-state index in [1.54, 1.807) is 37.3 Å². The topological polar surface area (TPSA) is 90.6 Å². The molecule has 1 aliphatic rings. The highest BCUT2D eigenvalue weighted by atomic mass is 16.6. The number of ether oxygens (including phenoxy) is 1. The predicted octanol–water partition coefficient (Wildman–Crippen LogP) is 6.13. The van der Waals surface area contributed by atoms with Gasteiger partial charge in [0.1, 0.15) is 11.9 Å². The van der Waals surface area contributed by atoms with E-state index in [2.05, 4.69) is 22.1 Å². The van der Waals surface area contributed by atoms with E-state index in [9.17, 15) is 9.59 Å². The Kier molecular flexibility index (Phi) is 8.02. The average Bonchev–Trinajstić information content (AvgIpc) is 3.28. The number of anilines is 2. The Labute approximate surface area is 206 Å². The van der Waals surface area contributed by atoms with Crippen LogP contribution in [0.3, 0.4) is 0 Å². The highest BCUT2D eigenvalue weighted by Gasteiger charge is 2.27. The molecule has 1 aromatic carbocycles. The molecule has 35 heavy (non-hydrogen) atoms. The summed E-state index contributed by atoms with van der Waals surface area (Å²) < 4.78 is 5.45. The van der Waals surface area contributed by atoms with Crippen molar-refractivity contribution in [2.45, 2.75) is 58.5 Å². The smallest absolute Gasteiger partial charge is 0.422 e. The molecule has 2 aromatic heterocycles.